The number of methoxy groups -OCH3 is 2. The molecule has 10 nitrogen and oxygen atoms in total. The van der Waals surface area contributed by atoms with Crippen LogP contribution >= 0.6 is 0 Å². The quantitative estimate of drug-likeness (QED) is 0.629. The number of nitrogens with zero attached hydrogens (tertiary/aromatic N) is 4. The van der Waals surface area contributed by atoms with Gasteiger partial charge >= 0.3 is 5.97 Å². The topological polar surface area (TPSA) is 142 Å². The minimum atomic E-state index is -0.803. The summed E-state index contributed by atoms with van der Waals surface area (Å²) in [5.74, 6) is -0.0398. The third kappa shape index (κ3) is 3.65. The van der Waals surface area contributed by atoms with Crippen molar-refractivity contribution in [1.82, 2.24) is 19.5 Å². The highest BCUT2D eigenvalue weighted by molar-refractivity contribution is 5.83. The molecule has 2 heterocycles. The summed E-state index contributed by atoms with van der Waals surface area (Å²) in [5.41, 5.74) is 7.15. The first-order valence-corrected chi connectivity index (χ1v) is 9.92. The van der Waals surface area contributed by atoms with Crippen molar-refractivity contribution in [2.75, 3.05) is 20.0 Å². The molecule has 1 aliphatic rings. The molecule has 2 aromatic heterocycles. The number of aliphatic carboxylic acids is 1. The number of hydrogen-bond acceptors (Lipinski definition) is 8. The van der Waals surface area contributed by atoms with Gasteiger partial charge in [-0.2, -0.15) is 0 Å². The fourth-order valence-corrected chi connectivity index (χ4v) is 4.13. The van der Waals surface area contributed by atoms with E-state index in [2.05, 4.69) is 15.0 Å². The molecule has 0 bridgehead atoms. The minimum Gasteiger partial charge on any atom is -0.493 e. The SMILES string of the molecule is COc1ccc(-c2nc3c(N)ncnc3n(C3CCC(C(=O)O)CC3)c2=O)cc1OC. The van der Waals surface area contributed by atoms with Gasteiger partial charge in [0.1, 0.15) is 17.5 Å². The highest BCUT2D eigenvalue weighted by atomic mass is 16.5. The van der Waals surface area contributed by atoms with Gasteiger partial charge in [-0.25, -0.2) is 15.0 Å². The molecule has 0 aliphatic heterocycles. The molecular formula is C21H23N5O5. The molecule has 0 spiro atoms. The van der Waals surface area contributed by atoms with Crippen molar-refractivity contribution in [3.63, 3.8) is 0 Å². The maximum atomic E-state index is 13.6. The highest BCUT2D eigenvalue weighted by Gasteiger charge is 2.30. The number of anilines is 1. The lowest BCUT2D eigenvalue weighted by Gasteiger charge is -2.28. The monoisotopic (exact) mass is 425 g/mol. The molecule has 4 rings (SSSR count). The van der Waals surface area contributed by atoms with Crippen LogP contribution in [0.2, 0.25) is 0 Å². The van der Waals surface area contributed by atoms with Crippen molar-refractivity contribution in [3.8, 4) is 22.8 Å². The Bertz CT molecular complexity index is 1200. The smallest absolute Gasteiger partial charge is 0.306 e. The van der Waals surface area contributed by atoms with Gasteiger partial charge in [-0.05, 0) is 43.9 Å². The largest absolute Gasteiger partial charge is 0.493 e. The van der Waals surface area contributed by atoms with E-state index in [9.17, 15) is 14.7 Å². The maximum absolute atomic E-state index is 13.6. The van der Waals surface area contributed by atoms with E-state index in [0.717, 1.165) is 0 Å². The van der Waals surface area contributed by atoms with Gasteiger partial charge in [0.05, 0.1) is 20.1 Å². The Hall–Kier alpha value is -3.69. The van der Waals surface area contributed by atoms with E-state index < -0.39 is 11.9 Å². The summed E-state index contributed by atoms with van der Waals surface area (Å²) in [5, 5.41) is 9.30. The summed E-state index contributed by atoms with van der Waals surface area (Å²) in [6.45, 7) is 0. The number of nitrogen functional groups attached to an aromatic ring is 1. The number of fused-ring (bicyclic) bond motifs is 1. The summed E-state index contributed by atoms with van der Waals surface area (Å²) in [6, 6.07) is 4.90. The van der Waals surface area contributed by atoms with Crippen LogP contribution in [-0.2, 0) is 4.79 Å². The van der Waals surface area contributed by atoms with Gasteiger partial charge in [0, 0.05) is 11.6 Å². The molecule has 0 saturated heterocycles. The normalized spacial score (nSPS) is 18.6. The molecule has 3 aromatic rings. The van der Waals surface area contributed by atoms with E-state index in [0.29, 0.717) is 53.9 Å². The molecule has 31 heavy (non-hydrogen) atoms. The van der Waals surface area contributed by atoms with E-state index in [1.807, 2.05) is 0 Å². The third-order valence-electron chi connectivity index (χ3n) is 5.77. The molecule has 1 fully saturated rings. The van der Waals surface area contributed by atoms with Gasteiger partial charge in [0.2, 0.25) is 0 Å². The molecule has 3 N–H and O–H groups in total. The Morgan fingerprint density at radius 3 is 2.48 bits per heavy atom. The average Bonchev–Trinajstić information content (AvgIpc) is 2.78. The zero-order chi connectivity index (χ0) is 22.1. The standard InChI is InChI=1S/C21H23N5O5/c1-30-14-8-5-12(9-15(14)31-2)16-20(27)26(13-6-3-11(4-7-13)21(28)29)19-17(25-16)18(22)23-10-24-19/h5,8-11,13H,3-4,6-7H2,1-2H3,(H,28,29)(H2,22,23,24). The zero-order valence-corrected chi connectivity index (χ0v) is 17.2. The first-order valence-electron chi connectivity index (χ1n) is 9.92. The van der Waals surface area contributed by atoms with E-state index in [1.54, 1.807) is 22.8 Å². The van der Waals surface area contributed by atoms with Gasteiger partial charge in [0.15, 0.2) is 23.0 Å². The van der Waals surface area contributed by atoms with Gasteiger partial charge < -0.3 is 20.3 Å². The number of carboxylic acid groups (broad SMARTS) is 1. The van der Waals surface area contributed by atoms with Crippen LogP contribution < -0.4 is 20.8 Å². The first kappa shape index (κ1) is 20.6. The van der Waals surface area contributed by atoms with Crippen molar-refractivity contribution >= 4 is 23.0 Å². The van der Waals surface area contributed by atoms with Crippen molar-refractivity contribution in [1.29, 1.82) is 0 Å². The van der Waals surface area contributed by atoms with Gasteiger partial charge in [-0.15, -0.1) is 0 Å². The summed E-state index contributed by atoms with van der Waals surface area (Å²) >= 11 is 0. The number of nitrogens with two attached hydrogens (primary N) is 1. The molecule has 10 heteroatoms. The molecule has 1 saturated carbocycles. The second kappa shape index (κ2) is 8.21. The molecule has 0 unspecified atom stereocenters. The minimum absolute atomic E-state index is 0.166. The Balaban J connectivity index is 1.89. The molecule has 0 radical (unpaired) electrons. The second-order valence-electron chi connectivity index (χ2n) is 7.48. The average molecular weight is 425 g/mol. The Morgan fingerprint density at radius 1 is 1.13 bits per heavy atom. The molecule has 1 aliphatic carbocycles. The third-order valence-corrected chi connectivity index (χ3v) is 5.77. The number of hydrogen-bond donors (Lipinski definition) is 2. The predicted molar refractivity (Wildman–Crippen MR) is 113 cm³/mol. The van der Waals surface area contributed by atoms with Crippen LogP contribution in [0.15, 0.2) is 29.3 Å². The molecule has 0 amide bonds. The Labute approximate surface area is 177 Å². The van der Waals surface area contributed by atoms with E-state index in [4.69, 9.17) is 15.2 Å². The van der Waals surface area contributed by atoms with Crippen LogP contribution in [-0.4, -0.2) is 44.8 Å². The van der Waals surface area contributed by atoms with E-state index >= 15 is 0 Å². The second-order valence-corrected chi connectivity index (χ2v) is 7.48. The van der Waals surface area contributed by atoms with Crippen LogP contribution in [0, 0.1) is 5.92 Å². The van der Waals surface area contributed by atoms with Crippen LogP contribution in [0.1, 0.15) is 31.7 Å². The lowest BCUT2D eigenvalue weighted by Crippen LogP contribution is -2.32. The zero-order valence-electron chi connectivity index (χ0n) is 17.2. The summed E-state index contributed by atoms with van der Waals surface area (Å²) in [7, 11) is 3.05. The van der Waals surface area contributed by atoms with Gasteiger partial charge in [-0.3, -0.25) is 14.2 Å². The van der Waals surface area contributed by atoms with E-state index in [1.165, 1.54) is 20.5 Å². The highest BCUT2D eigenvalue weighted by Crippen LogP contribution is 2.35. The summed E-state index contributed by atoms with van der Waals surface area (Å²) < 4.78 is 12.2. The number of carboxylic acids is 1. The fourth-order valence-electron chi connectivity index (χ4n) is 4.13. The number of carbonyl (C=O) groups is 1. The van der Waals surface area contributed by atoms with Crippen molar-refractivity contribution < 1.29 is 19.4 Å². The number of rotatable bonds is 5. The van der Waals surface area contributed by atoms with Crippen LogP contribution in [0.4, 0.5) is 5.82 Å². The van der Waals surface area contributed by atoms with Crippen LogP contribution in [0.3, 0.4) is 0 Å². The number of aromatic nitrogens is 4. The Kier molecular flexibility index (Phi) is 5.45. The van der Waals surface area contributed by atoms with Crippen LogP contribution in [0.5, 0.6) is 11.5 Å². The molecular weight excluding hydrogens is 402 g/mol. The van der Waals surface area contributed by atoms with Crippen molar-refractivity contribution in [2.45, 2.75) is 31.7 Å². The first-order chi connectivity index (χ1) is 14.9. The van der Waals surface area contributed by atoms with Crippen LogP contribution in [0.25, 0.3) is 22.4 Å². The Morgan fingerprint density at radius 2 is 1.84 bits per heavy atom. The molecule has 1 aromatic carbocycles. The predicted octanol–water partition coefficient (Wildman–Crippen LogP) is 2.27. The van der Waals surface area contributed by atoms with Gasteiger partial charge in [-0.1, -0.05) is 0 Å². The fraction of sp³-hybridized carbons (Fsp3) is 0.381. The lowest BCUT2D eigenvalue weighted by atomic mass is 9.86. The number of ether oxygens (including phenoxy) is 2. The maximum Gasteiger partial charge on any atom is 0.306 e. The van der Waals surface area contributed by atoms with Crippen molar-refractivity contribution in [2.24, 2.45) is 5.92 Å². The van der Waals surface area contributed by atoms with Crippen molar-refractivity contribution in [3.05, 3.63) is 34.9 Å². The lowest BCUT2D eigenvalue weighted by molar-refractivity contribution is -0.143. The summed E-state index contributed by atoms with van der Waals surface area (Å²) in [4.78, 5) is 37.7. The molecule has 0 atom stereocenters. The molecule has 162 valence electrons. The summed E-state index contributed by atoms with van der Waals surface area (Å²) in [6.07, 6.45) is 3.37. The van der Waals surface area contributed by atoms with Gasteiger partial charge in [0.25, 0.3) is 5.56 Å². The van der Waals surface area contributed by atoms with E-state index in [-0.39, 0.29) is 23.1 Å². The number of benzene rings is 1.